The average molecular weight is 334 g/mol. The fraction of sp³-hybridized carbons (Fsp3) is 0.167. The van der Waals surface area contributed by atoms with Gasteiger partial charge in [0.1, 0.15) is 0 Å². The van der Waals surface area contributed by atoms with E-state index in [1.54, 1.807) is 0 Å². The molecule has 2 aromatic heterocycles. The largest absolute Gasteiger partial charge is 0.403 e. The molecule has 0 spiro atoms. The quantitative estimate of drug-likeness (QED) is 0.517. The zero-order valence-electron chi connectivity index (χ0n) is 13.7. The minimum atomic E-state index is 0.169. The van der Waals surface area contributed by atoms with Crippen LogP contribution in [0, 0.1) is 0 Å². The average Bonchev–Trinajstić information content (AvgIpc) is 3.23. The molecule has 2 heterocycles. The van der Waals surface area contributed by atoms with E-state index in [1.165, 1.54) is 5.56 Å². The second-order valence-corrected chi connectivity index (χ2v) is 6.02. The Bertz CT molecular complexity index is 991. The molecule has 0 saturated carbocycles. The molecule has 7 heteroatoms. The van der Waals surface area contributed by atoms with Crippen LogP contribution in [0.4, 0.5) is 11.8 Å². The smallest absolute Gasteiger partial charge is 0.315 e. The Hall–Kier alpha value is -3.35. The zero-order chi connectivity index (χ0) is 17.2. The molecule has 0 bridgehead atoms. The highest BCUT2D eigenvalue weighted by molar-refractivity contribution is 5.91. The third-order valence-electron chi connectivity index (χ3n) is 4.02. The first-order chi connectivity index (χ1) is 12.2. The summed E-state index contributed by atoms with van der Waals surface area (Å²) in [5, 5.41) is 19.1. The maximum atomic E-state index is 5.85. The molecule has 4 N–H and O–H groups in total. The molecule has 0 aliphatic carbocycles. The van der Waals surface area contributed by atoms with Crippen molar-refractivity contribution in [2.75, 3.05) is 11.1 Å². The van der Waals surface area contributed by atoms with E-state index in [0.29, 0.717) is 17.7 Å². The van der Waals surface area contributed by atoms with E-state index in [-0.39, 0.29) is 6.04 Å². The summed E-state index contributed by atoms with van der Waals surface area (Å²) in [4.78, 5) is 0. The molecule has 126 valence electrons. The fourth-order valence-electron chi connectivity index (χ4n) is 2.80. The summed E-state index contributed by atoms with van der Waals surface area (Å²) in [5.74, 6) is 0.892. The van der Waals surface area contributed by atoms with Crippen molar-refractivity contribution in [3.05, 3.63) is 54.1 Å². The lowest BCUT2D eigenvalue weighted by Crippen LogP contribution is -2.18. The van der Waals surface area contributed by atoms with Gasteiger partial charge >= 0.3 is 6.01 Å². The Labute approximate surface area is 144 Å². The van der Waals surface area contributed by atoms with Crippen LogP contribution in [0.3, 0.4) is 0 Å². The summed E-state index contributed by atoms with van der Waals surface area (Å²) >= 11 is 0. The topological polar surface area (TPSA) is 106 Å². The number of hydrogen-bond donors (Lipinski definition) is 3. The van der Waals surface area contributed by atoms with Gasteiger partial charge in [-0.1, -0.05) is 35.4 Å². The van der Waals surface area contributed by atoms with Gasteiger partial charge in [-0.3, -0.25) is 5.10 Å². The number of fused-ring (bicyclic) bond motifs is 1. The van der Waals surface area contributed by atoms with E-state index in [2.05, 4.69) is 44.8 Å². The number of aromatic nitrogens is 4. The van der Waals surface area contributed by atoms with Crippen molar-refractivity contribution in [1.29, 1.82) is 0 Å². The first-order valence-electron chi connectivity index (χ1n) is 8.07. The summed E-state index contributed by atoms with van der Waals surface area (Å²) in [5.41, 5.74) is 8.77. The van der Waals surface area contributed by atoms with Gasteiger partial charge < -0.3 is 15.5 Å². The zero-order valence-corrected chi connectivity index (χ0v) is 13.7. The number of nitrogens with zero attached hydrogens (tertiary/aromatic N) is 3. The molecular formula is C18H18N6O. The molecule has 0 aliphatic heterocycles. The lowest BCUT2D eigenvalue weighted by Gasteiger charge is -2.11. The SMILES string of the molecule is C[C@H](Cc1ccccc1)Nc1nnc(-c2ccc3[nH]nc(N)c3c2)o1. The molecule has 7 nitrogen and oxygen atoms in total. The number of anilines is 2. The van der Waals surface area contributed by atoms with Gasteiger partial charge in [-0.2, -0.15) is 5.10 Å². The summed E-state index contributed by atoms with van der Waals surface area (Å²) in [6.07, 6.45) is 0.871. The number of aromatic amines is 1. The van der Waals surface area contributed by atoms with Crippen molar-refractivity contribution in [2.24, 2.45) is 0 Å². The third kappa shape index (κ3) is 3.16. The lowest BCUT2D eigenvalue weighted by atomic mass is 10.1. The molecular weight excluding hydrogens is 316 g/mol. The third-order valence-corrected chi connectivity index (χ3v) is 4.02. The van der Waals surface area contributed by atoms with Crippen LogP contribution in [0.25, 0.3) is 22.4 Å². The Morgan fingerprint density at radius 3 is 2.84 bits per heavy atom. The second-order valence-electron chi connectivity index (χ2n) is 6.02. The van der Waals surface area contributed by atoms with Crippen molar-refractivity contribution in [3.8, 4) is 11.5 Å². The minimum Gasteiger partial charge on any atom is -0.403 e. The van der Waals surface area contributed by atoms with E-state index < -0.39 is 0 Å². The standard InChI is InChI=1S/C18H18N6O/c1-11(9-12-5-3-2-4-6-12)20-18-24-23-17(25-18)13-7-8-15-14(10-13)16(19)22-21-15/h2-8,10-11H,9H2,1H3,(H,20,24)(H3,19,21,22)/t11-/m1/s1. The van der Waals surface area contributed by atoms with Crippen molar-refractivity contribution in [3.63, 3.8) is 0 Å². The minimum absolute atomic E-state index is 0.169. The van der Waals surface area contributed by atoms with Crippen LogP contribution in [-0.4, -0.2) is 26.4 Å². The Morgan fingerprint density at radius 1 is 1.16 bits per heavy atom. The summed E-state index contributed by atoms with van der Waals surface area (Å²) < 4.78 is 5.74. The van der Waals surface area contributed by atoms with Gasteiger partial charge in [0, 0.05) is 17.0 Å². The molecule has 0 amide bonds. The van der Waals surface area contributed by atoms with Crippen LogP contribution >= 0.6 is 0 Å². The highest BCUT2D eigenvalue weighted by Gasteiger charge is 2.13. The maximum absolute atomic E-state index is 5.85. The summed E-state index contributed by atoms with van der Waals surface area (Å²) in [6, 6.07) is 16.5. The van der Waals surface area contributed by atoms with Crippen LogP contribution in [0.1, 0.15) is 12.5 Å². The number of hydrogen-bond acceptors (Lipinski definition) is 6. The number of rotatable bonds is 5. The molecule has 0 radical (unpaired) electrons. The highest BCUT2D eigenvalue weighted by Crippen LogP contribution is 2.26. The molecule has 0 unspecified atom stereocenters. The van der Waals surface area contributed by atoms with Gasteiger partial charge in [-0.05, 0) is 37.1 Å². The lowest BCUT2D eigenvalue weighted by molar-refractivity contribution is 0.570. The van der Waals surface area contributed by atoms with E-state index in [0.717, 1.165) is 22.9 Å². The molecule has 0 saturated heterocycles. The molecule has 4 rings (SSSR count). The predicted octanol–water partition coefficient (Wildman–Crippen LogP) is 3.24. The predicted molar refractivity (Wildman–Crippen MR) is 97.0 cm³/mol. The monoisotopic (exact) mass is 334 g/mol. The number of nitrogen functional groups attached to an aromatic ring is 1. The van der Waals surface area contributed by atoms with Gasteiger partial charge in [0.2, 0.25) is 5.89 Å². The van der Waals surface area contributed by atoms with E-state index in [9.17, 15) is 0 Å². The number of benzene rings is 2. The van der Waals surface area contributed by atoms with Crippen molar-refractivity contribution in [1.82, 2.24) is 20.4 Å². The number of H-pyrrole nitrogens is 1. The molecule has 4 aromatic rings. The van der Waals surface area contributed by atoms with Gasteiger partial charge in [-0.15, -0.1) is 5.10 Å². The Balaban J connectivity index is 1.50. The normalized spacial score (nSPS) is 12.4. The van der Waals surface area contributed by atoms with Crippen molar-refractivity contribution >= 4 is 22.7 Å². The highest BCUT2D eigenvalue weighted by atomic mass is 16.4. The Kier molecular flexibility index (Phi) is 3.81. The van der Waals surface area contributed by atoms with Crippen LogP contribution in [-0.2, 0) is 6.42 Å². The molecule has 1 atom stereocenters. The molecule has 0 aliphatic rings. The van der Waals surface area contributed by atoms with E-state index >= 15 is 0 Å². The van der Waals surface area contributed by atoms with Crippen LogP contribution in [0.15, 0.2) is 52.9 Å². The van der Waals surface area contributed by atoms with Gasteiger partial charge in [0.25, 0.3) is 0 Å². The van der Waals surface area contributed by atoms with Crippen LogP contribution in [0.5, 0.6) is 0 Å². The maximum Gasteiger partial charge on any atom is 0.315 e. The van der Waals surface area contributed by atoms with E-state index in [1.807, 2.05) is 36.4 Å². The van der Waals surface area contributed by atoms with E-state index in [4.69, 9.17) is 10.2 Å². The molecule has 25 heavy (non-hydrogen) atoms. The summed E-state index contributed by atoms with van der Waals surface area (Å²) in [7, 11) is 0. The van der Waals surface area contributed by atoms with Gasteiger partial charge in [0.15, 0.2) is 5.82 Å². The van der Waals surface area contributed by atoms with Gasteiger partial charge in [0.05, 0.1) is 5.52 Å². The molecule has 2 aromatic carbocycles. The van der Waals surface area contributed by atoms with Crippen LogP contribution in [0.2, 0.25) is 0 Å². The number of nitrogens with two attached hydrogens (primary N) is 1. The fourth-order valence-corrected chi connectivity index (χ4v) is 2.80. The van der Waals surface area contributed by atoms with Crippen LogP contribution < -0.4 is 11.1 Å². The first kappa shape index (κ1) is 15.2. The summed E-state index contributed by atoms with van der Waals surface area (Å²) in [6.45, 7) is 2.08. The first-order valence-corrected chi connectivity index (χ1v) is 8.07. The molecule has 0 fully saturated rings. The Morgan fingerprint density at radius 2 is 2.00 bits per heavy atom. The second kappa shape index (κ2) is 6.27. The number of nitrogens with one attached hydrogen (secondary N) is 2. The van der Waals surface area contributed by atoms with Gasteiger partial charge in [-0.25, -0.2) is 0 Å². The van der Waals surface area contributed by atoms with Crippen molar-refractivity contribution in [2.45, 2.75) is 19.4 Å². The van der Waals surface area contributed by atoms with Crippen molar-refractivity contribution < 1.29 is 4.42 Å².